The number of hydrogen-bond donors (Lipinski definition) is 1. The van der Waals surface area contributed by atoms with Crippen molar-refractivity contribution in [1.29, 1.82) is 0 Å². The summed E-state index contributed by atoms with van der Waals surface area (Å²) in [7, 11) is 0. The summed E-state index contributed by atoms with van der Waals surface area (Å²) >= 11 is 19.6. The highest BCUT2D eigenvalue weighted by atomic mass is 35.5. The van der Waals surface area contributed by atoms with Crippen LogP contribution in [0.5, 0.6) is 5.75 Å². The highest BCUT2D eigenvalue weighted by Gasteiger charge is 2.41. The van der Waals surface area contributed by atoms with Crippen LogP contribution in [-0.4, -0.2) is 16.2 Å². The Morgan fingerprint density at radius 2 is 1.78 bits per heavy atom. The zero-order chi connectivity index (χ0) is 26.6. The first-order chi connectivity index (χ1) is 18.3. The number of carboxylic acids is 1. The Hall–Kier alpha value is -2.99. The topological polar surface area (TPSA) is 72.6 Å². The Bertz CT molecular complexity index is 1530. The van der Waals surface area contributed by atoms with Crippen LogP contribution in [-0.2, 0) is 6.58 Å². The van der Waals surface area contributed by atoms with Crippen molar-refractivity contribution in [3.63, 3.8) is 0 Å². The lowest BCUT2D eigenvalue weighted by atomic mass is 10.0. The van der Waals surface area contributed by atoms with Gasteiger partial charge in [0, 0.05) is 16.5 Å². The molecule has 1 aromatic heterocycles. The molecule has 6 rings (SSSR count). The predicted molar refractivity (Wildman–Crippen MR) is 143 cm³/mol. The molecule has 3 aromatic carbocycles. The van der Waals surface area contributed by atoms with E-state index >= 15 is 0 Å². The summed E-state index contributed by atoms with van der Waals surface area (Å²) < 4.78 is 20.6. The Kier molecular flexibility index (Phi) is 6.08. The van der Waals surface area contributed by atoms with E-state index in [2.05, 4.69) is 5.16 Å². The standard InChI is InChI=1S/C29H22Cl3NO4/c30-23-5-2-6-24(31)26(23)27-22(28(37-33-27)15-7-8-15)14-36-18-9-10-19(25(32)12-18)21-13-20(21)16-3-1-4-17(11-16)29(34)35/h1-6,9-12,15,20-21H,7-8,13-14H2,(H,34,35)/t20-,21-/m1/s1/i14D/t14?,20-,21-. The molecule has 2 aliphatic carbocycles. The average molecular weight is 556 g/mol. The van der Waals surface area contributed by atoms with Gasteiger partial charge in [-0.05, 0) is 78.6 Å². The van der Waals surface area contributed by atoms with Gasteiger partial charge in [-0.1, -0.05) is 64.2 Å². The summed E-state index contributed by atoms with van der Waals surface area (Å²) in [5.74, 6) is 0.739. The predicted octanol–water partition coefficient (Wildman–Crippen LogP) is 8.73. The summed E-state index contributed by atoms with van der Waals surface area (Å²) in [4.78, 5) is 11.3. The van der Waals surface area contributed by atoms with E-state index in [0.717, 1.165) is 30.4 Å². The van der Waals surface area contributed by atoms with E-state index < -0.39 is 12.6 Å². The fourth-order valence-electron chi connectivity index (χ4n) is 4.79. The average Bonchev–Trinajstić information content (AvgIpc) is 3.82. The largest absolute Gasteiger partial charge is 0.489 e. The molecular weight excluding hydrogens is 533 g/mol. The number of ether oxygens (including phenoxy) is 1. The monoisotopic (exact) mass is 554 g/mol. The van der Waals surface area contributed by atoms with Gasteiger partial charge in [-0.15, -0.1) is 0 Å². The Labute approximate surface area is 230 Å². The summed E-state index contributed by atoms with van der Waals surface area (Å²) in [6.45, 7) is -1.13. The lowest BCUT2D eigenvalue weighted by Gasteiger charge is -2.11. The molecule has 1 heterocycles. The van der Waals surface area contributed by atoms with Crippen LogP contribution in [0.2, 0.25) is 15.1 Å². The maximum absolute atomic E-state index is 11.3. The first-order valence-corrected chi connectivity index (χ1v) is 13.1. The maximum atomic E-state index is 11.3. The molecule has 1 unspecified atom stereocenters. The van der Waals surface area contributed by atoms with E-state index in [1.165, 1.54) is 0 Å². The molecule has 3 atom stereocenters. The van der Waals surface area contributed by atoms with Crippen LogP contribution in [0.4, 0.5) is 0 Å². The van der Waals surface area contributed by atoms with Gasteiger partial charge in [0.05, 0.1) is 22.5 Å². The van der Waals surface area contributed by atoms with Gasteiger partial charge in [-0.25, -0.2) is 4.79 Å². The molecular formula is C29H22Cl3NO4. The third kappa shape index (κ3) is 4.84. The van der Waals surface area contributed by atoms with E-state index in [4.69, 9.17) is 45.4 Å². The van der Waals surface area contributed by atoms with Crippen molar-refractivity contribution in [1.82, 2.24) is 5.16 Å². The second kappa shape index (κ2) is 9.71. The fourth-order valence-corrected chi connectivity index (χ4v) is 5.67. The Morgan fingerprint density at radius 1 is 1.03 bits per heavy atom. The molecule has 1 N–H and O–H groups in total. The quantitative estimate of drug-likeness (QED) is 0.235. The third-order valence-electron chi connectivity index (χ3n) is 6.94. The minimum absolute atomic E-state index is 0.195. The second-order valence-electron chi connectivity index (χ2n) is 9.48. The number of hydrogen-bond acceptors (Lipinski definition) is 4. The zero-order valence-electron chi connectivity index (χ0n) is 20.5. The van der Waals surface area contributed by atoms with E-state index in [1.807, 2.05) is 12.1 Å². The van der Waals surface area contributed by atoms with Gasteiger partial charge in [-0.2, -0.15) is 0 Å². The van der Waals surface area contributed by atoms with Gasteiger partial charge < -0.3 is 14.4 Å². The van der Waals surface area contributed by atoms with E-state index in [9.17, 15) is 9.90 Å². The number of rotatable bonds is 8. The molecule has 2 aliphatic rings. The SMILES string of the molecule is [2H]C(Oc1ccc([C@H]2C[C@@H]2c2cccc(C(=O)O)c2)c(Cl)c1)c1c(-c2c(Cl)cccc2Cl)noc1C1CC1. The third-order valence-corrected chi connectivity index (χ3v) is 7.90. The minimum atomic E-state index is -1.13. The van der Waals surface area contributed by atoms with Crippen molar-refractivity contribution >= 4 is 40.8 Å². The highest BCUT2D eigenvalue weighted by Crippen LogP contribution is 2.56. The number of benzene rings is 3. The van der Waals surface area contributed by atoms with Crippen LogP contribution >= 0.6 is 34.8 Å². The smallest absolute Gasteiger partial charge is 0.335 e. The van der Waals surface area contributed by atoms with Gasteiger partial charge in [0.1, 0.15) is 23.8 Å². The van der Waals surface area contributed by atoms with E-state index in [0.29, 0.717) is 43.4 Å². The van der Waals surface area contributed by atoms with E-state index in [-0.39, 0.29) is 23.3 Å². The number of nitrogens with zero attached hydrogens (tertiary/aromatic N) is 1. The van der Waals surface area contributed by atoms with Crippen LogP contribution in [0.25, 0.3) is 11.3 Å². The molecule has 0 aliphatic heterocycles. The molecule has 2 fully saturated rings. The molecule has 0 radical (unpaired) electrons. The normalized spacial score (nSPS) is 19.8. The van der Waals surface area contributed by atoms with Gasteiger partial charge in [0.25, 0.3) is 0 Å². The van der Waals surface area contributed by atoms with Gasteiger partial charge in [-0.3, -0.25) is 0 Å². The van der Waals surface area contributed by atoms with E-state index in [1.54, 1.807) is 48.5 Å². The van der Waals surface area contributed by atoms with Crippen molar-refractivity contribution in [3.8, 4) is 17.0 Å². The maximum Gasteiger partial charge on any atom is 0.335 e. The molecule has 0 amide bonds. The number of aromatic carboxylic acids is 1. The lowest BCUT2D eigenvalue weighted by molar-refractivity contribution is 0.0696. The van der Waals surface area contributed by atoms with Crippen molar-refractivity contribution in [2.24, 2.45) is 0 Å². The fraction of sp³-hybridized carbons (Fsp3) is 0.241. The first kappa shape index (κ1) is 23.2. The summed E-state index contributed by atoms with van der Waals surface area (Å²) in [6.07, 6.45) is 2.81. The van der Waals surface area contributed by atoms with Gasteiger partial charge in [0.2, 0.25) is 0 Å². The Morgan fingerprint density at radius 3 is 2.49 bits per heavy atom. The number of halogens is 3. The van der Waals surface area contributed by atoms with Crippen molar-refractivity contribution in [2.75, 3.05) is 0 Å². The lowest BCUT2D eigenvalue weighted by Crippen LogP contribution is -2.00. The molecule has 8 heteroatoms. The van der Waals surface area contributed by atoms with Crippen LogP contribution < -0.4 is 4.74 Å². The molecule has 4 aromatic rings. The summed E-state index contributed by atoms with van der Waals surface area (Å²) in [5.41, 5.74) is 3.68. The summed E-state index contributed by atoms with van der Waals surface area (Å²) in [5, 5.41) is 14.9. The molecule has 188 valence electrons. The number of carboxylic acid groups (broad SMARTS) is 1. The molecule has 0 saturated heterocycles. The highest BCUT2D eigenvalue weighted by molar-refractivity contribution is 6.39. The van der Waals surface area contributed by atoms with Crippen LogP contribution in [0.3, 0.4) is 0 Å². The molecule has 2 saturated carbocycles. The van der Waals surface area contributed by atoms with Gasteiger partial charge >= 0.3 is 5.97 Å². The molecule has 37 heavy (non-hydrogen) atoms. The summed E-state index contributed by atoms with van der Waals surface area (Å²) in [6, 6.07) is 17.7. The molecule has 5 nitrogen and oxygen atoms in total. The minimum Gasteiger partial charge on any atom is -0.489 e. The van der Waals surface area contributed by atoms with Crippen molar-refractivity contribution in [2.45, 2.75) is 43.6 Å². The number of aromatic nitrogens is 1. The van der Waals surface area contributed by atoms with Crippen LogP contribution in [0.1, 0.15) is 71.2 Å². The van der Waals surface area contributed by atoms with Crippen molar-refractivity contribution in [3.05, 3.63) is 104 Å². The Balaban J connectivity index is 1.24. The zero-order valence-corrected chi connectivity index (χ0v) is 21.7. The van der Waals surface area contributed by atoms with Crippen LogP contribution in [0, 0.1) is 0 Å². The first-order valence-electron chi connectivity index (χ1n) is 12.5. The second-order valence-corrected chi connectivity index (χ2v) is 10.7. The molecule has 0 bridgehead atoms. The van der Waals surface area contributed by atoms with Crippen LogP contribution in [0.15, 0.2) is 65.2 Å². The van der Waals surface area contributed by atoms with Crippen molar-refractivity contribution < 1.29 is 20.5 Å². The number of carbonyl (C=O) groups is 1. The molecule has 0 spiro atoms. The van der Waals surface area contributed by atoms with Gasteiger partial charge in [0.15, 0.2) is 0 Å².